The Morgan fingerprint density at radius 2 is 1.63 bits per heavy atom. The first-order valence-corrected chi connectivity index (χ1v) is 12.0. The van der Waals surface area contributed by atoms with Gasteiger partial charge in [-0.15, -0.1) is 10.2 Å². The molecule has 0 spiro atoms. The van der Waals surface area contributed by atoms with E-state index in [1.165, 1.54) is 11.8 Å². The largest absolute Gasteiger partial charge is 0.497 e. The van der Waals surface area contributed by atoms with E-state index in [2.05, 4.69) is 20.8 Å². The number of methoxy groups -OCH3 is 2. The number of hydrogen-bond acceptors (Lipinski definition) is 7. The number of rotatable bonds is 10. The molecule has 0 saturated carbocycles. The number of thioether (sulfide) groups is 1. The summed E-state index contributed by atoms with van der Waals surface area (Å²) in [5.74, 6) is 2.23. The zero-order valence-electron chi connectivity index (χ0n) is 19.8. The van der Waals surface area contributed by atoms with Gasteiger partial charge >= 0.3 is 0 Å². The second kappa shape index (κ2) is 11.4. The number of hydrogen-bond donors (Lipinski definition) is 2. The minimum atomic E-state index is -0.119. The third kappa shape index (κ3) is 6.13. The molecule has 0 unspecified atom stereocenters. The maximum absolute atomic E-state index is 12.6. The van der Waals surface area contributed by atoms with Crippen LogP contribution in [0.1, 0.15) is 11.4 Å². The van der Waals surface area contributed by atoms with Crippen LogP contribution in [0.3, 0.4) is 0 Å². The molecule has 0 aliphatic rings. The van der Waals surface area contributed by atoms with E-state index in [1.54, 1.807) is 14.2 Å². The zero-order valence-corrected chi connectivity index (χ0v) is 20.6. The molecule has 0 aliphatic carbocycles. The predicted molar refractivity (Wildman–Crippen MR) is 139 cm³/mol. The lowest BCUT2D eigenvalue weighted by Gasteiger charge is -2.14. The standard InChI is InChI=1S/C26H27N5O3S/c1-18-8-10-20(11-9-18)28-25(32)17-35-26-30-29-24(16-27-19-12-14-21(33-2)15-13-19)31(26)22-6-4-5-7-23(22)34-3/h4-15,27H,16-17H2,1-3H3,(H,28,32). The molecular formula is C26H27N5O3S. The van der Waals surface area contributed by atoms with Crippen LogP contribution in [0.2, 0.25) is 0 Å². The fraction of sp³-hybridized carbons (Fsp3) is 0.192. The fourth-order valence-electron chi connectivity index (χ4n) is 3.42. The van der Waals surface area contributed by atoms with Gasteiger partial charge in [0.15, 0.2) is 11.0 Å². The van der Waals surface area contributed by atoms with E-state index in [0.717, 1.165) is 28.4 Å². The van der Waals surface area contributed by atoms with Crippen LogP contribution >= 0.6 is 11.8 Å². The number of anilines is 2. The van der Waals surface area contributed by atoms with E-state index in [1.807, 2.05) is 84.3 Å². The molecule has 2 N–H and O–H groups in total. The molecular weight excluding hydrogens is 462 g/mol. The van der Waals surface area contributed by atoms with Crippen molar-refractivity contribution < 1.29 is 14.3 Å². The zero-order chi connectivity index (χ0) is 24.6. The molecule has 180 valence electrons. The molecule has 1 aromatic heterocycles. The number of nitrogens with zero attached hydrogens (tertiary/aromatic N) is 3. The average molecular weight is 490 g/mol. The van der Waals surface area contributed by atoms with Crippen molar-refractivity contribution >= 4 is 29.0 Å². The summed E-state index contributed by atoms with van der Waals surface area (Å²) < 4.78 is 12.7. The summed E-state index contributed by atoms with van der Waals surface area (Å²) in [6, 6.07) is 23.0. The molecule has 0 radical (unpaired) electrons. The number of carbonyl (C=O) groups excluding carboxylic acids is 1. The van der Waals surface area contributed by atoms with Gasteiger partial charge < -0.3 is 20.1 Å². The highest BCUT2D eigenvalue weighted by Gasteiger charge is 2.18. The lowest BCUT2D eigenvalue weighted by atomic mass is 10.2. The summed E-state index contributed by atoms with van der Waals surface area (Å²) >= 11 is 1.32. The van der Waals surface area contributed by atoms with Gasteiger partial charge in [-0.3, -0.25) is 9.36 Å². The molecule has 4 aromatic rings. The molecule has 0 aliphatic heterocycles. The first-order chi connectivity index (χ1) is 17.1. The van der Waals surface area contributed by atoms with Gasteiger partial charge in [-0.2, -0.15) is 0 Å². The van der Waals surface area contributed by atoms with E-state index in [0.29, 0.717) is 23.3 Å². The van der Waals surface area contributed by atoms with Crippen LogP contribution in [0.25, 0.3) is 5.69 Å². The van der Waals surface area contributed by atoms with Gasteiger partial charge in [0.25, 0.3) is 0 Å². The first-order valence-electron chi connectivity index (χ1n) is 11.0. The number of benzene rings is 3. The molecule has 4 rings (SSSR count). The molecule has 0 bridgehead atoms. The van der Waals surface area contributed by atoms with Gasteiger partial charge in [0, 0.05) is 11.4 Å². The highest BCUT2D eigenvalue weighted by molar-refractivity contribution is 7.99. The third-order valence-electron chi connectivity index (χ3n) is 5.23. The number of aryl methyl sites for hydroxylation is 1. The Morgan fingerprint density at radius 3 is 2.34 bits per heavy atom. The van der Waals surface area contributed by atoms with Crippen LogP contribution in [0.5, 0.6) is 11.5 Å². The van der Waals surface area contributed by atoms with Gasteiger partial charge in [0.1, 0.15) is 11.5 Å². The molecule has 35 heavy (non-hydrogen) atoms. The molecule has 0 saturated heterocycles. The van der Waals surface area contributed by atoms with Gasteiger partial charge in [-0.1, -0.05) is 41.6 Å². The van der Waals surface area contributed by atoms with Crippen LogP contribution in [-0.2, 0) is 11.3 Å². The summed E-state index contributed by atoms with van der Waals surface area (Å²) in [5, 5.41) is 15.7. The van der Waals surface area contributed by atoms with Crippen LogP contribution < -0.4 is 20.1 Å². The van der Waals surface area contributed by atoms with Gasteiger partial charge in [0.2, 0.25) is 5.91 Å². The smallest absolute Gasteiger partial charge is 0.234 e. The van der Waals surface area contributed by atoms with Crippen molar-refractivity contribution in [2.24, 2.45) is 0 Å². The summed E-state index contributed by atoms with van der Waals surface area (Å²) in [5.41, 5.74) is 3.62. The minimum absolute atomic E-state index is 0.119. The molecule has 0 fully saturated rings. The minimum Gasteiger partial charge on any atom is -0.497 e. The predicted octanol–water partition coefficient (Wildman–Crippen LogP) is 4.94. The Hall–Kier alpha value is -3.98. The highest BCUT2D eigenvalue weighted by Crippen LogP contribution is 2.29. The van der Waals surface area contributed by atoms with E-state index < -0.39 is 0 Å². The van der Waals surface area contributed by atoms with Gasteiger partial charge in [-0.25, -0.2) is 0 Å². The molecule has 1 heterocycles. The quantitative estimate of drug-likeness (QED) is 0.305. The molecule has 3 aromatic carbocycles. The van der Waals surface area contributed by atoms with E-state index in [4.69, 9.17) is 9.47 Å². The Bertz CT molecular complexity index is 1270. The number of para-hydroxylation sites is 2. The number of carbonyl (C=O) groups is 1. The Kier molecular flexibility index (Phi) is 7.89. The van der Waals surface area contributed by atoms with E-state index >= 15 is 0 Å². The molecule has 1 amide bonds. The Labute approximate surface area is 208 Å². The summed E-state index contributed by atoms with van der Waals surface area (Å²) in [4.78, 5) is 12.6. The lowest BCUT2D eigenvalue weighted by Crippen LogP contribution is -2.15. The number of ether oxygens (including phenoxy) is 2. The van der Waals surface area contributed by atoms with Crippen LogP contribution in [-0.4, -0.2) is 40.6 Å². The van der Waals surface area contributed by atoms with Crippen LogP contribution in [0, 0.1) is 6.92 Å². The molecule has 8 nitrogen and oxygen atoms in total. The average Bonchev–Trinajstić information content (AvgIpc) is 3.30. The van der Waals surface area contributed by atoms with Crippen molar-refractivity contribution in [3.05, 3.63) is 84.2 Å². The monoisotopic (exact) mass is 489 g/mol. The number of aromatic nitrogens is 3. The summed E-state index contributed by atoms with van der Waals surface area (Å²) in [7, 11) is 3.26. The van der Waals surface area contributed by atoms with Crippen molar-refractivity contribution in [3.8, 4) is 17.2 Å². The summed E-state index contributed by atoms with van der Waals surface area (Å²) in [6.07, 6.45) is 0. The second-order valence-corrected chi connectivity index (χ2v) is 8.63. The maximum atomic E-state index is 12.6. The Balaban J connectivity index is 1.53. The number of nitrogens with one attached hydrogen (secondary N) is 2. The van der Waals surface area contributed by atoms with Gasteiger partial charge in [-0.05, 0) is 55.5 Å². The normalized spacial score (nSPS) is 10.6. The van der Waals surface area contributed by atoms with E-state index in [-0.39, 0.29) is 11.7 Å². The summed E-state index contributed by atoms with van der Waals surface area (Å²) in [6.45, 7) is 2.43. The molecule has 0 atom stereocenters. The van der Waals surface area contributed by atoms with Crippen LogP contribution in [0.4, 0.5) is 11.4 Å². The van der Waals surface area contributed by atoms with E-state index in [9.17, 15) is 4.79 Å². The topological polar surface area (TPSA) is 90.3 Å². The van der Waals surface area contributed by atoms with Crippen molar-refractivity contribution in [3.63, 3.8) is 0 Å². The number of amides is 1. The first kappa shape index (κ1) is 24.2. The fourth-order valence-corrected chi connectivity index (χ4v) is 4.18. The van der Waals surface area contributed by atoms with Crippen molar-refractivity contribution in [2.75, 3.05) is 30.6 Å². The van der Waals surface area contributed by atoms with Crippen molar-refractivity contribution in [1.82, 2.24) is 14.8 Å². The van der Waals surface area contributed by atoms with Gasteiger partial charge in [0.05, 0.1) is 32.2 Å². The van der Waals surface area contributed by atoms with Crippen LogP contribution in [0.15, 0.2) is 78.0 Å². The van der Waals surface area contributed by atoms with Crippen molar-refractivity contribution in [1.29, 1.82) is 0 Å². The SMILES string of the molecule is COc1ccc(NCc2nnc(SCC(=O)Nc3ccc(C)cc3)n2-c2ccccc2OC)cc1. The molecule has 9 heteroatoms. The second-order valence-electron chi connectivity index (χ2n) is 7.69. The third-order valence-corrected chi connectivity index (χ3v) is 6.16. The lowest BCUT2D eigenvalue weighted by molar-refractivity contribution is -0.113. The van der Waals surface area contributed by atoms with Crippen molar-refractivity contribution in [2.45, 2.75) is 18.6 Å². The highest BCUT2D eigenvalue weighted by atomic mass is 32.2. The maximum Gasteiger partial charge on any atom is 0.234 e. The Morgan fingerprint density at radius 1 is 0.914 bits per heavy atom.